The number of aromatic nitrogens is 2. The van der Waals surface area contributed by atoms with Crippen LogP contribution in [0.2, 0.25) is 0 Å². The number of methoxy groups -OCH3 is 1. The van der Waals surface area contributed by atoms with E-state index in [0.29, 0.717) is 13.0 Å². The summed E-state index contributed by atoms with van der Waals surface area (Å²) in [5.41, 5.74) is -0.548. The van der Waals surface area contributed by atoms with Crippen molar-refractivity contribution in [2.24, 2.45) is 0 Å². The minimum Gasteiger partial charge on any atom is -0.448 e. The Morgan fingerprint density at radius 2 is 2.25 bits per heavy atom. The van der Waals surface area contributed by atoms with E-state index in [1.54, 1.807) is 13.2 Å². The Morgan fingerprint density at radius 3 is 3.00 bits per heavy atom. The minimum absolute atomic E-state index is 0.118. The molecule has 0 radical (unpaired) electrons. The van der Waals surface area contributed by atoms with Gasteiger partial charge in [-0.15, -0.1) is 0 Å². The number of aromatic amines is 1. The van der Waals surface area contributed by atoms with Crippen molar-refractivity contribution in [2.45, 2.75) is 37.0 Å². The third-order valence-electron chi connectivity index (χ3n) is 4.89. The Labute approximate surface area is 136 Å². The number of amides is 1. The summed E-state index contributed by atoms with van der Waals surface area (Å²) in [5, 5.41) is 6.56. The lowest BCUT2D eigenvalue weighted by molar-refractivity contribution is -0.214. The first-order valence-electron chi connectivity index (χ1n) is 7.75. The van der Waals surface area contributed by atoms with E-state index in [4.69, 9.17) is 13.9 Å². The molecule has 0 bridgehead atoms. The molecule has 0 aromatic carbocycles. The average Bonchev–Trinajstić information content (AvgIpc) is 3.28. The van der Waals surface area contributed by atoms with Crippen LogP contribution in [-0.4, -0.2) is 41.1 Å². The van der Waals surface area contributed by atoms with Crippen LogP contribution in [0.4, 0.5) is 0 Å². The molecule has 4 rings (SSSR count). The predicted octanol–water partition coefficient (Wildman–Crippen LogP) is 1.04. The highest BCUT2D eigenvalue weighted by atomic mass is 16.7. The zero-order chi connectivity index (χ0) is 16.8. The van der Waals surface area contributed by atoms with Gasteiger partial charge in [0.2, 0.25) is 5.82 Å². The van der Waals surface area contributed by atoms with Crippen LogP contribution < -0.4 is 11.1 Å². The van der Waals surface area contributed by atoms with Gasteiger partial charge in [-0.2, -0.15) is 0 Å². The van der Waals surface area contributed by atoms with Gasteiger partial charge in [0, 0.05) is 13.5 Å². The van der Waals surface area contributed by atoms with E-state index in [1.807, 2.05) is 0 Å². The van der Waals surface area contributed by atoms with Crippen LogP contribution in [0.3, 0.4) is 0 Å². The van der Waals surface area contributed by atoms with Gasteiger partial charge in [0.25, 0.3) is 5.91 Å². The summed E-state index contributed by atoms with van der Waals surface area (Å²) >= 11 is 0. The van der Waals surface area contributed by atoms with Gasteiger partial charge in [0.05, 0.1) is 12.1 Å². The highest BCUT2D eigenvalue weighted by molar-refractivity contribution is 5.92. The molecule has 2 fully saturated rings. The molecule has 1 saturated carbocycles. The molecule has 1 aliphatic heterocycles. The lowest BCUT2D eigenvalue weighted by Crippen LogP contribution is -2.59. The molecule has 2 aliphatic rings. The monoisotopic (exact) mass is 335 g/mol. The number of carbonyl (C=O) groups is 1. The first kappa shape index (κ1) is 15.2. The molecular weight excluding hydrogens is 318 g/mol. The molecule has 2 aromatic rings. The molecule has 2 atom stereocenters. The van der Waals surface area contributed by atoms with Crippen molar-refractivity contribution in [1.82, 2.24) is 15.5 Å². The predicted molar refractivity (Wildman–Crippen MR) is 79.2 cm³/mol. The Balaban J connectivity index is 1.57. The van der Waals surface area contributed by atoms with Crippen molar-refractivity contribution in [3.05, 3.63) is 28.4 Å². The lowest BCUT2D eigenvalue weighted by atomic mass is 9.90. The van der Waals surface area contributed by atoms with E-state index in [9.17, 15) is 9.59 Å². The average molecular weight is 335 g/mol. The summed E-state index contributed by atoms with van der Waals surface area (Å²) in [5.74, 6) is -1.32. The van der Waals surface area contributed by atoms with Crippen LogP contribution in [0.1, 0.15) is 36.2 Å². The molecular formula is C15H17N3O6. The van der Waals surface area contributed by atoms with Crippen LogP contribution >= 0.6 is 0 Å². The fourth-order valence-corrected chi connectivity index (χ4v) is 3.75. The number of carbonyl (C=O) groups excluding carboxylic acids is 1. The molecule has 128 valence electrons. The van der Waals surface area contributed by atoms with E-state index >= 15 is 0 Å². The standard InChI is InChI=1S/C15H17N3O6/c1-21-15-6-2-5-14(15,7-8-22-15)17-12(19)10-4-3-9(23-10)11-16-13(20)24-18-11/h3-4H,2,5-8H2,1H3,(H,17,19)(H,16,18,20)/t14-,15+/m1/s1. The molecule has 1 aliphatic carbocycles. The fourth-order valence-electron chi connectivity index (χ4n) is 3.75. The third-order valence-corrected chi connectivity index (χ3v) is 4.89. The number of nitrogens with one attached hydrogen (secondary N) is 2. The Kier molecular flexibility index (Phi) is 3.36. The second kappa shape index (κ2) is 5.32. The van der Waals surface area contributed by atoms with Crippen molar-refractivity contribution in [2.75, 3.05) is 13.7 Å². The lowest BCUT2D eigenvalue weighted by Gasteiger charge is -2.38. The second-order valence-corrected chi connectivity index (χ2v) is 6.05. The van der Waals surface area contributed by atoms with Crippen LogP contribution in [0.5, 0.6) is 0 Å². The van der Waals surface area contributed by atoms with E-state index < -0.39 is 17.1 Å². The molecule has 2 aromatic heterocycles. The SMILES string of the molecule is CO[C@]12CCC[C@@]1(NC(=O)c1ccc(-c3noc(=O)[nH]3)o1)CCO2. The van der Waals surface area contributed by atoms with Gasteiger partial charge in [-0.05, 0) is 31.4 Å². The molecule has 1 amide bonds. The summed E-state index contributed by atoms with van der Waals surface area (Å²) in [4.78, 5) is 26.0. The van der Waals surface area contributed by atoms with Crippen molar-refractivity contribution in [1.29, 1.82) is 0 Å². The number of rotatable bonds is 4. The topological polar surface area (TPSA) is 120 Å². The quantitative estimate of drug-likeness (QED) is 0.856. The maximum atomic E-state index is 12.6. The molecule has 0 spiro atoms. The van der Waals surface area contributed by atoms with Gasteiger partial charge in [-0.3, -0.25) is 14.3 Å². The van der Waals surface area contributed by atoms with E-state index in [2.05, 4.69) is 20.0 Å². The zero-order valence-corrected chi connectivity index (χ0v) is 13.1. The third kappa shape index (κ3) is 2.12. The molecule has 2 N–H and O–H groups in total. The zero-order valence-electron chi connectivity index (χ0n) is 13.1. The largest absolute Gasteiger partial charge is 0.448 e. The molecule has 9 nitrogen and oxygen atoms in total. The van der Waals surface area contributed by atoms with Gasteiger partial charge in [-0.1, -0.05) is 5.16 Å². The summed E-state index contributed by atoms with van der Waals surface area (Å²) < 4.78 is 21.3. The maximum Gasteiger partial charge on any atom is 0.439 e. The van der Waals surface area contributed by atoms with Crippen molar-refractivity contribution in [3.8, 4) is 11.6 Å². The van der Waals surface area contributed by atoms with Gasteiger partial charge < -0.3 is 19.2 Å². The fraction of sp³-hybridized carbons (Fsp3) is 0.533. The Morgan fingerprint density at radius 1 is 1.38 bits per heavy atom. The number of hydrogen-bond donors (Lipinski definition) is 2. The summed E-state index contributed by atoms with van der Waals surface area (Å²) in [6.07, 6.45) is 3.14. The number of ether oxygens (including phenoxy) is 2. The van der Waals surface area contributed by atoms with Gasteiger partial charge in [0.15, 0.2) is 17.3 Å². The van der Waals surface area contributed by atoms with E-state index in [-0.39, 0.29) is 23.3 Å². The Hall–Kier alpha value is -2.39. The minimum atomic E-state index is -0.768. The van der Waals surface area contributed by atoms with Crippen LogP contribution in [0.15, 0.2) is 25.9 Å². The second-order valence-electron chi connectivity index (χ2n) is 6.05. The molecule has 0 unspecified atom stereocenters. The first-order valence-corrected chi connectivity index (χ1v) is 7.75. The summed E-state index contributed by atoms with van der Waals surface area (Å²) in [6, 6.07) is 3.07. The van der Waals surface area contributed by atoms with E-state index in [1.165, 1.54) is 6.07 Å². The van der Waals surface area contributed by atoms with Crippen molar-refractivity contribution < 1.29 is 23.2 Å². The number of H-pyrrole nitrogens is 1. The number of furan rings is 1. The van der Waals surface area contributed by atoms with Crippen LogP contribution in [0, 0.1) is 0 Å². The van der Waals surface area contributed by atoms with Gasteiger partial charge in [-0.25, -0.2) is 4.79 Å². The van der Waals surface area contributed by atoms with Crippen LogP contribution in [0.25, 0.3) is 11.6 Å². The first-order chi connectivity index (χ1) is 11.6. The van der Waals surface area contributed by atoms with Gasteiger partial charge in [0.1, 0.15) is 0 Å². The number of hydrogen-bond acceptors (Lipinski definition) is 7. The maximum absolute atomic E-state index is 12.6. The van der Waals surface area contributed by atoms with Crippen molar-refractivity contribution in [3.63, 3.8) is 0 Å². The molecule has 24 heavy (non-hydrogen) atoms. The van der Waals surface area contributed by atoms with Gasteiger partial charge >= 0.3 is 5.76 Å². The molecule has 9 heteroatoms. The summed E-state index contributed by atoms with van der Waals surface area (Å²) in [7, 11) is 1.60. The van der Waals surface area contributed by atoms with Crippen molar-refractivity contribution >= 4 is 5.91 Å². The number of fused-ring (bicyclic) bond motifs is 1. The highest BCUT2D eigenvalue weighted by Gasteiger charge is 2.61. The van der Waals surface area contributed by atoms with Crippen LogP contribution in [-0.2, 0) is 9.47 Å². The molecule has 1 saturated heterocycles. The normalized spacial score (nSPS) is 28.9. The number of nitrogens with zero attached hydrogens (tertiary/aromatic N) is 1. The smallest absolute Gasteiger partial charge is 0.439 e. The summed E-state index contributed by atoms with van der Waals surface area (Å²) in [6.45, 7) is 0.539. The Bertz CT molecular complexity index is 809. The highest BCUT2D eigenvalue weighted by Crippen LogP contribution is 2.49. The molecule has 3 heterocycles. The van der Waals surface area contributed by atoms with E-state index in [0.717, 1.165) is 19.3 Å².